The minimum absolute atomic E-state index is 0.149. The summed E-state index contributed by atoms with van der Waals surface area (Å²) < 4.78 is 0. The number of carbonyl (C=O) groups is 2. The van der Waals surface area contributed by atoms with E-state index in [1.807, 2.05) is 32.0 Å². The van der Waals surface area contributed by atoms with Crippen LogP contribution in [0.5, 0.6) is 0 Å². The third-order valence-electron chi connectivity index (χ3n) is 3.89. The van der Waals surface area contributed by atoms with E-state index in [9.17, 15) is 9.59 Å². The lowest BCUT2D eigenvalue weighted by molar-refractivity contribution is -0.117. The fraction of sp³-hybridized carbons (Fsp3) is 0.263. The summed E-state index contributed by atoms with van der Waals surface area (Å²) >= 11 is 12.2. The summed E-state index contributed by atoms with van der Waals surface area (Å²) in [5.74, 6) is -0.370. The molecule has 0 atom stereocenters. The van der Waals surface area contributed by atoms with Crippen LogP contribution in [0.25, 0.3) is 0 Å². The van der Waals surface area contributed by atoms with Crippen LogP contribution in [0.1, 0.15) is 24.5 Å². The second kappa shape index (κ2) is 8.37. The van der Waals surface area contributed by atoms with E-state index >= 15 is 0 Å². The molecule has 6 heteroatoms. The molecule has 2 rings (SSSR count). The van der Waals surface area contributed by atoms with Gasteiger partial charge in [-0.2, -0.15) is 0 Å². The maximum atomic E-state index is 12.3. The largest absolute Gasteiger partial charge is 0.326 e. The zero-order valence-corrected chi connectivity index (χ0v) is 15.9. The van der Waals surface area contributed by atoms with E-state index in [0.717, 1.165) is 16.8 Å². The van der Waals surface area contributed by atoms with Crippen molar-refractivity contribution in [2.75, 3.05) is 16.8 Å². The maximum Gasteiger partial charge on any atom is 0.226 e. The maximum absolute atomic E-state index is 12.3. The van der Waals surface area contributed by atoms with Gasteiger partial charge in [-0.3, -0.25) is 9.59 Å². The number of benzene rings is 2. The summed E-state index contributed by atoms with van der Waals surface area (Å²) in [7, 11) is 0. The fourth-order valence-electron chi connectivity index (χ4n) is 2.57. The molecule has 2 aromatic rings. The molecular formula is C19H20Cl2N2O2. The molecule has 0 fully saturated rings. The van der Waals surface area contributed by atoms with Gasteiger partial charge in [0.25, 0.3) is 0 Å². The number of aryl methyl sites for hydroxylation is 2. The van der Waals surface area contributed by atoms with Crippen molar-refractivity contribution in [2.24, 2.45) is 0 Å². The average molecular weight is 379 g/mol. The van der Waals surface area contributed by atoms with Gasteiger partial charge in [0, 0.05) is 30.6 Å². The minimum Gasteiger partial charge on any atom is -0.326 e. The number of hydrogen-bond donors (Lipinski definition) is 1. The highest BCUT2D eigenvalue weighted by atomic mass is 35.5. The summed E-state index contributed by atoms with van der Waals surface area (Å²) in [5, 5.41) is 3.80. The van der Waals surface area contributed by atoms with Gasteiger partial charge in [-0.25, -0.2) is 0 Å². The van der Waals surface area contributed by atoms with Crippen LogP contribution in [-0.4, -0.2) is 18.4 Å². The molecule has 132 valence electrons. The fourth-order valence-corrected chi connectivity index (χ4v) is 2.95. The highest BCUT2D eigenvalue weighted by Gasteiger charge is 2.17. The van der Waals surface area contributed by atoms with E-state index in [-0.39, 0.29) is 24.8 Å². The summed E-state index contributed by atoms with van der Waals surface area (Å²) in [5.41, 5.74) is 3.30. The third-order valence-corrected chi connectivity index (χ3v) is 4.44. The van der Waals surface area contributed by atoms with Crippen molar-refractivity contribution >= 4 is 46.4 Å². The van der Waals surface area contributed by atoms with Crippen LogP contribution >= 0.6 is 23.2 Å². The van der Waals surface area contributed by atoms with E-state index < -0.39 is 0 Å². The molecule has 0 spiro atoms. The first-order valence-corrected chi connectivity index (χ1v) is 8.64. The van der Waals surface area contributed by atoms with Crippen LogP contribution in [0.15, 0.2) is 36.4 Å². The van der Waals surface area contributed by atoms with Crippen LogP contribution in [0.3, 0.4) is 0 Å². The number of carbonyl (C=O) groups excluding carboxylic acids is 2. The summed E-state index contributed by atoms with van der Waals surface area (Å²) in [6.07, 6.45) is 0.149. The Kier molecular flexibility index (Phi) is 6.45. The number of rotatable bonds is 5. The lowest BCUT2D eigenvalue weighted by Gasteiger charge is -2.22. The van der Waals surface area contributed by atoms with E-state index in [1.165, 1.54) is 11.8 Å². The Hall–Kier alpha value is -2.04. The van der Waals surface area contributed by atoms with Gasteiger partial charge in [-0.15, -0.1) is 0 Å². The van der Waals surface area contributed by atoms with Crippen LogP contribution < -0.4 is 10.2 Å². The Morgan fingerprint density at radius 2 is 1.72 bits per heavy atom. The third kappa shape index (κ3) is 4.97. The number of para-hydroxylation sites is 1. The molecule has 0 aromatic heterocycles. The SMILES string of the molecule is CC(=O)N(CCC(=O)Nc1c(C)cccc1C)c1cc(Cl)ccc1Cl. The second-order valence-corrected chi connectivity index (χ2v) is 6.68. The van der Waals surface area contributed by atoms with Crippen LogP contribution in [0.2, 0.25) is 10.0 Å². The minimum atomic E-state index is -0.205. The molecule has 0 radical (unpaired) electrons. The van der Waals surface area contributed by atoms with Gasteiger partial charge in [0.2, 0.25) is 11.8 Å². The van der Waals surface area contributed by atoms with Gasteiger partial charge in [0.15, 0.2) is 0 Å². The Balaban J connectivity index is 2.10. The Bertz CT molecular complexity index is 786. The van der Waals surface area contributed by atoms with Gasteiger partial charge in [-0.1, -0.05) is 41.4 Å². The van der Waals surface area contributed by atoms with Crippen molar-refractivity contribution in [2.45, 2.75) is 27.2 Å². The molecule has 0 aliphatic rings. The molecule has 25 heavy (non-hydrogen) atoms. The molecule has 1 N–H and O–H groups in total. The molecule has 0 aliphatic carbocycles. The van der Waals surface area contributed by atoms with Crippen molar-refractivity contribution in [1.82, 2.24) is 0 Å². The zero-order valence-electron chi connectivity index (χ0n) is 14.4. The summed E-state index contributed by atoms with van der Waals surface area (Å²) in [6.45, 7) is 5.53. The normalized spacial score (nSPS) is 10.4. The molecule has 2 amide bonds. The predicted molar refractivity (Wildman–Crippen MR) is 104 cm³/mol. The number of amides is 2. The first kappa shape index (κ1) is 19.3. The van der Waals surface area contributed by atoms with E-state index in [1.54, 1.807) is 18.2 Å². The average Bonchev–Trinajstić information content (AvgIpc) is 2.54. The molecule has 4 nitrogen and oxygen atoms in total. The summed E-state index contributed by atoms with van der Waals surface area (Å²) in [4.78, 5) is 25.8. The smallest absolute Gasteiger partial charge is 0.226 e. The van der Waals surface area contributed by atoms with Gasteiger partial charge in [0.1, 0.15) is 0 Å². The number of anilines is 2. The first-order chi connectivity index (χ1) is 11.8. The zero-order chi connectivity index (χ0) is 18.6. The topological polar surface area (TPSA) is 49.4 Å². The number of halogens is 2. The highest BCUT2D eigenvalue weighted by molar-refractivity contribution is 6.35. The number of hydrogen-bond acceptors (Lipinski definition) is 2. The Morgan fingerprint density at radius 1 is 1.08 bits per heavy atom. The van der Waals surface area contributed by atoms with Crippen molar-refractivity contribution < 1.29 is 9.59 Å². The molecule has 0 bridgehead atoms. The predicted octanol–water partition coefficient (Wildman–Crippen LogP) is 4.99. The molecule has 0 saturated carbocycles. The van der Waals surface area contributed by atoms with Gasteiger partial charge in [-0.05, 0) is 43.2 Å². The summed E-state index contributed by atoms with van der Waals surface area (Å²) in [6, 6.07) is 10.7. The molecular weight excluding hydrogens is 359 g/mol. The van der Waals surface area contributed by atoms with Crippen LogP contribution in [-0.2, 0) is 9.59 Å². The molecule has 0 aliphatic heterocycles. The lowest BCUT2D eigenvalue weighted by Crippen LogP contribution is -2.32. The monoisotopic (exact) mass is 378 g/mol. The van der Waals surface area contributed by atoms with Gasteiger partial charge < -0.3 is 10.2 Å². The van der Waals surface area contributed by atoms with E-state index in [4.69, 9.17) is 23.2 Å². The van der Waals surface area contributed by atoms with E-state index in [2.05, 4.69) is 5.32 Å². The highest BCUT2D eigenvalue weighted by Crippen LogP contribution is 2.29. The van der Waals surface area contributed by atoms with E-state index in [0.29, 0.717) is 15.7 Å². The van der Waals surface area contributed by atoms with Crippen molar-refractivity contribution in [3.05, 3.63) is 57.6 Å². The standard InChI is InChI=1S/C19H20Cl2N2O2/c1-12-5-4-6-13(2)19(12)22-18(25)9-10-23(14(3)24)17-11-15(20)7-8-16(17)21/h4-8,11H,9-10H2,1-3H3,(H,22,25). The van der Waals surface area contributed by atoms with Crippen LogP contribution in [0.4, 0.5) is 11.4 Å². The molecule has 0 unspecified atom stereocenters. The van der Waals surface area contributed by atoms with Crippen molar-refractivity contribution in [3.8, 4) is 0 Å². The Morgan fingerprint density at radius 3 is 2.32 bits per heavy atom. The Labute approximate surface area is 157 Å². The first-order valence-electron chi connectivity index (χ1n) is 7.89. The molecule has 0 heterocycles. The lowest BCUT2D eigenvalue weighted by atomic mass is 10.1. The van der Waals surface area contributed by atoms with Crippen molar-refractivity contribution in [1.29, 1.82) is 0 Å². The number of nitrogens with one attached hydrogen (secondary N) is 1. The van der Waals surface area contributed by atoms with Gasteiger partial charge >= 0.3 is 0 Å². The molecule has 0 saturated heterocycles. The molecule has 2 aromatic carbocycles. The second-order valence-electron chi connectivity index (χ2n) is 5.83. The van der Waals surface area contributed by atoms with Crippen LogP contribution in [0, 0.1) is 13.8 Å². The number of nitrogens with zero attached hydrogens (tertiary/aromatic N) is 1. The quantitative estimate of drug-likeness (QED) is 0.796. The van der Waals surface area contributed by atoms with Gasteiger partial charge in [0.05, 0.1) is 10.7 Å². The van der Waals surface area contributed by atoms with Crippen molar-refractivity contribution in [3.63, 3.8) is 0 Å².